The maximum atomic E-state index is 10.8. The van der Waals surface area contributed by atoms with E-state index in [-0.39, 0.29) is 5.96 Å². The minimum absolute atomic E-state index is 0.257. The second-order valence-electron chi connectivity index (χ2n) is 5.65. The van der Waals surface area contributed by atoms with Crippen molar-refractivity contribution >= 4 is 40.6 Å². The lowest BCUT2D eigenvalue weighted by Gasteiger charge is -2.31. The Hall–Kier alpha value is -2.97. The Bertz CT molecular complexity index is 856. The van der Waals surface area contributed by atoms with Gasteiger partial charge in [-0.05, 0) is 49.4 Å². The molecule has 0 aromatic heterocycles. The number of carboxylic acid groups (broad SMARTS) is 1. The van der Waals surface area contributed by atoms with Crippen LogP contribution in [0.25, 0.3) is 0 Å². The van der Waals surface area contributed by atoms with E-state index in [0.29, 0.717) is 22.1 Å². The van der Waals surface area contributed by atoms with Crippen molar-refractivity contribution in [3.8, 4) is 5.75 Å². The Morgan fingerprint density at radius 1 is 1.31 bits per heavy atom. The molecule has 8 nitrogen and oxygen atoms in total. The second kappa shape index (κ2) is 7.11. The molecule has 3 rings (SSSR count). The van der Waals surface area contributed by atoms with E-state index in [2.05, 4.69) is 10.4 Å². The van der Waals surface area contributed by atoms with Crippen LogP contribution in [0.5, 0.6) is 5.75 Å². The number of carbonyl (C=O) groups is 1. The summed E-state index contributed by atoms with van der Waals surface area (Å²) in [6.45, 7) is 1.46. The van der Waals surface area contributed by atoms with Crippen LogP contribution in [0.1, 0.15) is 6.92 Å². The number of nitrogens with one attached hydrogen (secondary N) is 1. The predicted octanol–water partition coefficient (Wildman–Crippen LogP) is 3.35. The molecular weight excluding hydrogens is 360 g/mol. The van der Waals surface area contributed by atoms with Gasteiger partial charge in [-0.15, -0.1) is 5.17 Å². The molecule has 0 bridgehead atoms. The Morgan fingerprint density at radius 2 is 2.00 bits per heavy atom. The van der Waals surface area contributed by atoms with E-state index in [0.717, 1.165) is 10.9 Å². The number of hydrazine groups is 1. The van der Waals surface area contributed by atoms with Crippen LogP contribution in [-0.2, 0) is 4.79 Å². The summed E-state index contributed by atoms with van der Waals surface area (Å²) in [5, 5.41) is 20.4. The number of hydrogen-bond donors (Lipinski definition) is 3. The highest BCUT2D eigenvalue weighted by Crippen LogP contribution is 2.32. The molecule has 3 N–H and O–H groups in total. The van der Waals surface area contributed by atoms with E-state index in [9.17, 15) is 10.0 Å². The van der Waals surface area contributed by atoms with Crippen molar-refractivity contribution < 1.29 is 19.8 Å². The van der Waals surface area contributed by atoms with E-state index in [1.165, 1.54) is 6.92 Å². The molecule has 1 aliphatic rings. The molecule has 26 heavy (non-hydrogen) atoms. The molecule has 0 fully saturated rings. The Morgan fingerprint density at radius 3 is 2.65 bits per heavy atom. The fraction of sp³-hybridized carbons (Fsp3) is 0.176. The number of aliphatic carboxylic acids is 1. The quantitative estimate of drug-likeness (QED) is 0.752. The molecule has 1 atom stereocenters. The third-order valence-electron chi connectivity index (χ3n) is 3.78. The molecule has 0 radical (unpaired) electrons. The van der Waals surface area contributed by atoms with Crippen LogP contribution in [-0.4, -0.2) is 40.6 Å². The van der Waals surface area contributed by atoms with E-state index < -0.39 is 12.1 Å². The topological polar surface area (TPSA) is 97.6 Å². The third-order valence-corrected chi connectivity index (χ3v) is 4.01. The summed E-state index contributed by atoms with van der Waals surface area (Å²) in [6, 6.07) is 11.9. The number of rotatable bonds is 4. The molecular formula is C17H17ClN4O4. The molecule has 1 heterocycles. The first-order valence-electron chi connectivity index (χ1n) is 7.72. The Kier molecular flexibility index (Phi) is 4.88. The van der Waals surface area contributed by atoms with Gasteiger partial charge in [0.05, 0.1) is 11.4 Å². The Labute approximate surface area is 154 Å². The molecule has 0 amide bonds. The summed E-state index contributed by atoms with van der Waals surface area (Å²) in [5.74, 6) is -0.350. The smallest absolute Gasteiger partial charge is 0.344 e. The molecule has 0 spiro atoms. The van der Waals surface area contributed by atoms with Crippen LogP contribution in [0, 0.1) is 0 Å². The zero-order valence-electron chi connectivity index (χ0n) is 14.0. The number of aliphatic imine (C=N–C) groups is 1. The SMILES string of the molecule is CC(Oc1ccc(N(C)C2=Nc3ccc(Cl)cc3NN2O)cc1)C(=O)O. The highest BCUT2D eigenvalue weighted by molar-refractivity contribution is 6.31. The molecule has 2 aromatic carbocycles. The monoisotopic (exact) mass is 376 g/mol. The van der Waals surface area contributed by atoms with Gasteiger partial charge in [0, 0.05) is 17.8 Å². The summed E-state index contributed by atoms with van der Waals surface area (Å²) < 4.78 is 5.30. The molecule has 2 aromatic rings. The van der Waals surface area contributed by atoms with Crippen molar-refractivity contribution in [2.24, 2.45) is 4.99 Å². The molecule has 1 aliphatic heterocycles. The van der Waals surface area contributed by atoms with Crippen LogP contribution >= 0.6 is 11.6 Å². The van der Waals surface area contributed by atoms with Crippen molar-refractivity contribution in [3.05, 3.63) is 47.5 Å². The molecule has 0 saturated heterocycles. The van der Waals surface area contributed by atoms with Gasteiger partial charge in [0.15, 0.2) is 6.10 Å². The first-order valence-corrected chi connectivity index (χ1v) is 8.10. The number of fused-ring (bicyclic) bond motifs is 1. The standard InChI is InChI=1S/C17H17ClN4O4/c1-10(16(23)24)26-13-6-4-12(5-7-13)21(2)17-19-14-8-3-11(18)9-15(14)20-22(17)25/h3-10,20,25H,1-2H3,(H,23,24). The lowest BCUT2D eigenvalue weighted by molar-refractivity contribution is -0.144. The van der Waals surface area contributed by atoms with Gasteiger partial charge in [0.25, 0.3) is 5.96 Å². The van der Waals surface area contributed by atoms with E-state index >= 15 is 0 Å². The zero-order chi connectivity index (χ0) is 18.8. The highest BCUT2D eigenvalue weighted by Gasteiger charge is 2.22. The average Bonchev–Trinajstić information content (AvgIpc) is 2.61. The van der Waals surface area contributed by atoms with E-state index in [4.69, 9.17) is 21.4 Å². The van der Waals surface area contributed by atoms with Gasteiger partial charge >= 0.3 is 5.97 Å². The van der Waals surface area contributed by atoms with Crippen molar-refractivity contribution in [1.82, 2.24) is 5.17 Å². The maximum absolute atomic E-state index is 10.8. The number of hydrogen-bond acceptors (Lipinski definition) is 7. The minimum atomic E-state index is -1.04. The summed E-state index contributed by atoms with van der Waals surface area (Å²) in [7, 11) is 1.74. The largest absolute Gasteiger partial charge is 0.479 e. The van der Waals surface area contributed by atoms with Gasteiger partial charge in [0.1, 0.15) is 5.75 Å². The third kappa shape index (κ3) is 3.66. The second-order valence-corrected chi connectivity index (χ2v) is 6.08. The number of benzene rings is 2. The first kappa shape index (κ1) is 17.8. The molecule has 9 heteroatoms. The van der Waals surface area contributed by atoms with Gasteiger partial charge in [-0.2, -0.15) is 0 Å². The van der Waals surface area contributed by atoms with Gasteiger partial charge in [-0.25, -0.2) is 9.79 Å². The zero-order valence-corrected chi connectivity index (χ0v) is 14.8. The van der Waals surface area contributed by atoms with Crippen LogP contribution in [0.4, 0.5) is 17.1 Å². The van der Waals surface area contributed by atoms with Gasteiger partial charge in [-0.1, -0.05) is 11.6 Å². The normalized spacial score (nSPS) is 14.0. The van der Waals surface area contributed by atoms with Gasteiger partial charge in [-0.3, -0.25) is 10.6 Å². The average molecular weight is 377 g/mol. The number of anilines is 2. The predicted molar refractivity (Wildman–Crippen MR) is 98.4 cm³/mol. The fourth-order valence-electron chi connectivity index (χ4n) is 2.35. The summed E-state index contributed by atoms with van der Waals surface area (Å²) in [6.07, 6.45) is -0.943. The lowest BCUT2D eigenvalue weighted by Crippen LogP contribution is -2.45. The Balaban J connectivity index is 1.81. The van der Waals surface area contributed by atoms with Crippen molar-refractivity contribution in [2.45, 2.75) is 13.0 Å². The van der Waals surface area contributed by atoms with Crippen LogP contribution < -0.4 is 15.1 Å². The maximum Gasteiger partial charge on any atom is 0.344 e. The highest BCUT2D eigenvalue weighted by atomic mass is 35.5. The number of carboxylic acids is 1. The number of nitrogens with zero attached hydrogens (tertiary/aromatic N) is 3. The van der Waals surface area contributed by atoms with Gasteiger partial charge < -0.3 is 14.7 Å². The van der Waals surface area contributed by atoms with Crippen molar-refractivity contribution in [3.63, 3.8) is 0 Å². The minimum Gasteiger partial charge on any atom is -0.479 e. The number of hydroxylamine groups is 1. The van der Waals surface area contributed by atoms with Gasteiger partial charge in [0.2, 0.25) is 0 Å². The van der Waals surface area contributed by atoms with Crippen molar-refractivity contribution in [1.29, 1.82) is 0 Å². The lowest BCUT2D eigenvalue weighted by atomic mass is 10.2. The fourth-order valence-corrected chi connectivity index (χ4v) is 2.52. The number of ether oxygens (including phenoxy) is 1. The first-order chi connectivity index (χ1) is 12.3. The van der Waals surface area contributed by atoms with Crippen LogP contribution in [0.15, 0.2) is 47.5 Å². The summed E-state index contributed by atoms with van der Waals surface area (Å²) in [4.78, 5) is 16.9. The molecule has 136 valence electrons. The molecule has 0 aliphatic carbocycles. The van der Waals surface area contributed by atoms with E-state index in [1.807, 2.05) is 0 Å². The van der Waals surface area contributed by atoms with Crippen LogP contribution in [0.2, 0.25) is 5.02 Å². The van der Waals surface area contributed by atoms with Crippen molar-refractivity contribution in [2.75, 3.05) is 17.4 Å². The van der Waals surface area contributed by atoms with E-state index in [1.54, 1.807) is 54.4 Å². The van der Waals surface area contributed by atoms with Crippen LogP contribution in [0.3, 0.4) is 0 Å². The summed E-state index contributed by atoms with van der Waals surface area (Å²) in [5.41, 5.74) is 4.74. The molecule has 1 unspecified atom stereocenters. The number of guanidine groups is 1. The molecule has 0 saturated carbocycles. The number of halogens is 1. The summed E-state index contributed by atoms with van der Waals surface area (Å²) >= 11 is 5.94.